The highest BCUT2D eigenvalue weighted by atomic mass is 16.3. The minimum absolute atomic E-state index is 0.120. The fourth-order valence-corrected chi connectivity index (χ4v) is 2.85. The number of hydrogen-bond donors (Lipinski definition) is 2. The Kier molecular flexibility index (Phi) is 4.29. The second kappa shape index (κ2) is 5.80. The third-order valence-electron chi connectivity index (χ3n) is 3.86. The molecule has 2 rings (SSSR count). The van der Waals surface area contributed by atoms with Crippen LogP contribution >= 0.6 is 0 Å². The maximum Gasteiger partial charge on any atom is 0.272 e. The van der Waals surface area contributed by atoms with E-state index in [0.29, 0.717) is 25.3 Å². The zero-order chi connectivity index (χ0) is 14.9. The van der Waals surface area contributed by atoms with Crippen LogP contribution in [0, 0.1) is 0 Å². The lowest BCUT2D eigenvalue weighted by molar-refractivity contribution is 0.0232. The van der Waals surface area contributed by atoms with Gasteiger partial charge in [0.2, 0.25) is 0 Å². The van der Waals surface area contributed by atoms with E-state index in [2.05, 4.69) is 10.00 Å². The molecule has 2 atom stereocenters. The number of β-amino-alcohol motifs (C(OH)–C–C–N with tert-alkyl or cyclic N) is 1. The van der Waals surface area contributed by atoms with Crippen LogP contribution in [-0.2, 0) is 7.05 Å². The van der Waals surface area contributed by atoms with E-state index < -0.39 is 0 Å². The van der Waals surface area contributed by atoms with E-state index in [1.54, 1.807) is 11.9 Å². The van der Waals surface area contributed by atoms with Gasteiger partial charge in [-0.25, -0.2) is 0 Å². The van der Waals surface area contributed by atoms with Crippen molar-refractivity contribution in [3.05, 3.63) is 22.1 Å². The van der Waals surface area contributed by atoms with Crippen molar-refractivity contribution >= 4 is 5.91 Å². The minimum Gasteiger partial charge on any atom is -0.395 e. The van der Waals surface area contributed by atoms with Crippen LogP contribution in [0.4, 0.5) is 0 Å². The quantitative estimate of drug-likeness (QED) is 0.763. The number of carbonyl (C=O) groups is 1. The molecular formula is C13H22N4O3. The molecule has 7 heteroatoms. The predicted molar refractivity (Wildman–Crippen MR) is 74.7 cm³/mol. The number of aromatic nitrogens is 2. The van der Waals surface area contributed by atoms with E-state index >= 15 is 0 Å². The van der Waals surface area contributed by atoms with Gasteiger partial charge in [0.05, 0.1) is 6.61 Å². The first-order valence-corrected chi connectivity index (χ1v) is 6.86. The number of rotatable bonds is 3. The largest absolute Gasteiger partial charge is 0.395 e. The summed E-state index contributed by atoms with van der Waals surface area (Å²) in [4.78, 5) is 27.8. The maximum atomic E-state index is 12.4. The summed E-state index contributed by atoms with van der Waals surface area (Å²) >= 11 is 0. The molecule has 0 saturated carbocycles. The Bertz CT molecular complexity index is 524. The van der Waals surface area contributed by atoms with Crippen molar-refractivity contribution in [2.24, 2.45) is 7.05 Å². The molecule has 0 bridgehead atoms. The first kappa shape index (κ1) is 14.8. The van der Waals surface area contributed by atoms with Crippen LogP contribution in [0.15, 0.2) is 10.9 Å². The number of nitrogens with one attached hydrogen (secondary N) is 1. The maximum absolute atomic E-state index is 12.4. The van der Waals surface area contributed by atoms with Gasteiger partial charge in [0.1, 0.15) is 5.69 Å². The SMILES string of the molecule is C[C@@H]1CN(C(=O)c2cc(=O)n(C)[nH]2)C[C@H](C)N1CCO. The van der Waals surface area contributed by atoms with Crippen LogP contribution in [0.3, 0.4) is 0 Å². The van der Waals surface area contributed by atoms with Crippen molar-refractivity contribution in [3.63, 3.8) is 0 Å². The molecule has 2 N–H and O–H groups in total. The van der Waals surface area contributed by atoms with Crippen molar-refractivity contribution in [1.82, 2.24) is 19.6 Å². The molecule has 1 saturated heterocycles. The van der Waals surface area contributed by atoms with Crippen LogP contribution in [0.5, 0.6) is 0 Å². The smallest absolute Gasteiger partial charge is 0.272 e. The summed E-state index contributed by atoms with van der Waals surface area (Å²) < 4.78 is 1.29. The lowest BCUT2D eigenvalue weighted by atomic mass is 10.1. The molecule has 1 aromatic heterocycles. The lowest BCUT2D eigenvalue weighted by Gasteiger charge is -2.44. The Morgan fingerprint density at radius 3 is 2.45 bits per heavy atom. The molecule has 1 aliphatic heterocycles. The highest BCUT2D eigenvalue weighted by Gasteiger charge is 2.32. The lowest BCUT2D eigenvalue weighted by Crippen LogP contribution is -2.58. The molecule has 1 amide bonds. The number of aryl methyl sites for hydroxylation is 1. The standard InChI is InChI=1S/C13H22N4O3/c1-9-7-16(8-10(2)17(9)4-5-18)13(20)11-6-12(19)15(3)14-11/h6,9-10,14,18H,4-5,7-8H2,1-3H3/t9-,10+. The van der Waals surface area contributed by atoms with E-state index in [-0.39, 0.29) is 30.2 Å². The summed E-state index contributed by atoms with van der Waals surface area (Å²) in [6.45, 7) is 6.01. The number of aromatic amines is 1. The summed E-state index contributed by atoms with van der Waals surface area (Å²) in [5.41, 5.74) is 0.112. The van der Waals surface area contributed by atoms with E-state index in [1.807, 2.05) is 13.8 Å². The van der Waals surface area contributed by atoms with Crippen molar-refractivity contribution in [1.29, 1.82) is 0 Å². The third kappa shape index (κ3) is 2.78. The zero-order valence-corrected chi connectivity index (χ0v) is 12.2. The molecule has 1 aliphatic rings. The van der Waals surface area contributed by atoms with Gasteiger partial charge in [-0.1, -0.05) is 0 Å². The van der Waals surface area contributed by atoms with Crippen LogP contribution in [-0.4, -0.2) is 68.9 Å². The van der Waals surface area contributed by atoms with Gasteiger partial charge in [0.15, 0.2) is 0 Å². The van der Waals surface area contributed by atoms with E-state index in [0.717, 1.165) is 0 Å². The zero-order valence-electron chi connectivity index (χ0n) is 12.2. The molecule has 0 unspecified atom stereocenters. The number of aliphatic hydroxyl groups excluding tert-OH is 1. The van der Waals surface area contributed by atoms with Gasteiger partial charge in [0.25, 0.3) is 11.5 Å². The molecule has 0 radical (unpaired) electrons. The Morgan fingerprint density at radius 1 is 1.40 bits per heavy atom. The highest BCUT2D eigenvalue weighted by Crippen LogP contribution is 2.16. The molecule has 1 fully saturated rings. The average molecular weight is 282 g/mol. The molecule has 0 spiro atoms. The number of piperazine rings is 1. The van der Waals surface area contributed by atoms with Crippen molar-refractivity contribution < 1.29 is 9.90 Å². The number of amides is 1. The van der Waals surface area contributed by atoms with Gasteiger partial charge >= 0.3 is 0 Å². The number of nitrogens with zero attached hydrogens (tertiary/aromatic N) is 3. The Labute approximate surface area is 117 Å². The summed E-state index contributed by atoms with van der Waals surface area (Å²) in [7, 11) is 1.59. The normalized spacial score (nSPS) is 24.1. The van der Waals surface area contributed by atoms with Crippen molar-refractivity contribution in [2.75, 3.05) is 26.2 Å². The van der Waals surface area contributed by atoms with Crippen LogP contribution in [0.2, 0.25) is 0 Å². The molecule has 112 valence electrons. The van der Waals surface area contributed by atoms with Gasteiger partial charge in [-0.05, 0) is 13.8 Å². The fraction of sp³-hybridized carbons (Fsp3) is 0.692. The Hall–Kier alpha value is -1.60. The highest BCUT2D eigenvalue weighted by molar-refractivity contribution is 5.92. The van der Waals surface area contributed by atoms with Crippen molar-refractivity contribution in [2.45, 2.75) is 25.9 Å². The first-order valence-electron chi connectivity index (χ1n) is 6.86. The van der Waals surface area contributed by atoms with Crippen LogP contribution < -0.4 is 5.56 Å². The molecule has 0 aromatic carbocycles. The number of aliphatic hydroxyl groups is 1. The van der Waals surface area contributed by atoms with E-state index in [9.17, 15) is 9.59 Å². The second-order valence-corrected chi connectivity index (χ2v) is 5.44. The molecule has 7 nitrogen and oxygen atoms in total. The topological polar surface area (TPSA) is 81.6 Å². The third-order valence-corrected chi connectivity index (χ3v) is 3.86. The molecule has 0 aliphatic carbocycles. The van der Waals surface area contributed by atoms with Gasteiger partial charge in [-0.3, -0.25) is 24.3 Å². The summed E-state index contributed by atoms with van der Waals surface area (Å²) in [5, 5.41) is 11.8. The molecule has 2 heterocycles. The predicted octanol–water partition coefficient (Wildman–Crippen LogP) is -0.759. The molecular weight excluding hydrogens is 260 g/mol. The van der Waals surface area contributed by atoms with E-state index in [4.69, 9.17) is 5.11 Å². The minimum atomic E-state index is -0.214. The summed E-state index contributed by atoms with van der Waals surface area (Å²) in [6, 6.07) is 1.70. The number of hydrogen-bond acceptors (Lipinski definition) is 4. The number of carbonyl (C=O) groups excluding carboxylic acids is 1. The Morgan fingerprint density at radius 2 is 2.00 bits per heavy atom. The summed E-state index contributed by atoms with van der Waals surface area (Å²) in [5.74, 6) is -0.148. The monoisotopic (exact) mass is 282 g/mol. The van der Waals surface area contributed by atoms with Gasteiger partial charge in [-0.15, -0.1) is 0 Å². The fourth-order valence-electron chi connectivity index (χ4n) is 2.85. The van der Waals surface area contributed by atoms with Gasteiger partial charge in [-0.2, -0.15) is 0 Å². The van der Waals surface area contributed by atoms with Crippen LogP contribution in [0.25, 0.3) is 0 Å². The average Bonchev–Trinajstić information content (AvgIpc) is 2.73. The first-order chi connectivity index (χ1) is 9.43. The van der Waals surface area contributed by atoms with Crippen LogP contribution in [0.1, 0.15) is 24.3 Å². The van der Waals surface area contributed by atoms with Gasteiger partial charge < -0.3 is 10.0 Å². The Balaban J connectivity index is 2.11. The molecule has 20 heavy (non-hydrogen) atoms. The second-order valence-electron chi connectivity index (χ2n) is 5.44. The van der Waals surface area contributed by atoms with E-state index in [1.165, 1.54) is 10.7 Å². The summed E-state index contributed by atoms with van der Waals surface area (Å²) in [6.07, 6.45) is 0. The van der Waals surface area contributed by atoms with Gasteiger partial charge in [0, 0.05) is 44.8 Å². The molecule has 1 aromatic rings. The number of H-pyrrole nitrogens is 1. The van der Waals surface area contributed by atoms with Crippen molar-refractivity contribution in [3.8, 4) is 0 Å².